The van der Waals surface area contributed by atoms with Gasteiger partial charge in [0.25, 0.3) is 0 Å². The van der Waals surface area contributed by atoms with E-state index >= 15 is 0 Å². The van der Waals surface area contributed by atoms with Crippen molar-refractivity contribution in [1.29, 1.82) is 0 Å². The minimum atomic E-state index is -0.717. The van der Waals surface area contributed by atoms with Gasteiger partial charge in [0.15, 0.2) is 0 Å². The molecule has 2 N–H and O–H groups in total. The van der Waals surface area contributed by atoms with E-state index in [4.69, 9.17) is 10.5 Å². The molecule has 0 aliphatic heterocycles. The van der Waals surface area contributed by atoms with Crippen LogP contribution < -0.4 is 5.73 Å². The van der Waals surface area contributed by atoms with Crippen molar-refractivity contribution in [2.24, 2.45) is 5.73 Å². The van der Waals surface area contributed by atoms with Crippen LogP contribution in [0.3, 0.4) is 0 Å². The molecule has 2 atom stereocenters. The van der Waals surface area contributed by atoms with Gasteiger partial charge >= 0.3 is 0 Å². The zero-order chi connectivity index (χ0) is 9.40. The van der Waals surface area contributed by atoms with Crippen LogP contribution >= 0.6 is 0 Å². The van der Waals surface area contributed by atoms with Gasteiger partial charge in [-0.1, -0.05) is 0 Å². The molecule has 3 nitrogen and oxygen atoms in total. The average molecular weight is 193 g/mol. The highest BCUT2D eigenvalue weighted by Gasteiger charge is 2.00. The molecule has 0 radical (unpaired) electrons. The molecule has 0 aliphatic rings. The van der Waals surface area contributed by atoms with E-state index in [2.05, 4.69) is 0 Å². The van der Waals surface area contributed by atoms with Crippen LogP contribution in [0.4, 0.5) is 0 Å². The Labute approximate surface area is 77.1 Å². The van der Waals surface area contributed by atoms with Crippen molar-refractivity contribution in [2.45, 2.75) is 25.8 Å². The summed E-state index contributed by atoms with van der Waals surface area (Å²) in [6.45, 7) is 2.56. The second kappa shape index (κ2) is 7.71. The minimum absolute atomic E-state index is 0.226. The van der Waals surface area contributed by atoms with Crippen LogP contribution in [0.25, 0.3) is 0 Å². The fourth-order valence-electron chi connectivity index (χ4n) is 0.845. The molecular weight excluding hydrogens is 174 g/mol. The van der Waals surface area contributed by atoms with Gasteiger partial charge in [-0.25, -0.2) is 0 Å². The first-order chi connectivity index (χ1) is 5.66. The van der Waals surface area contributed by atoms with Gasteiger partial charge in [-0.15, -0.1) is 0 Å². The van der Waals surface area contributed by atoms with E-state index in [9.17, 15) is 4.21 Å². The monoisotopic (exact) mass is 193 g/mol. The first-order valence-electron chi connectivity index (χ1n) is 4.26. The standard InChI is InChI=1S/C8H19NO2S/c1-8(9)4-3-6-12(10)7-5-11-2/h8H,3-7,9H2,1-2H3. The van der Waals surface area contributed by atoms with Gasteiger partial charge in [0, 0.05) is 35.5 Å². The summed E-state index contributed by atoms with van der Waals surface area (Å²) in [6.07, 6.45) is 1.91. The second-order valence-electron chi connectivity index (χ2n) is 2.96. The summed E-state index contributed by atoms with van der Waals surface area (Å²) < 4.78 is 16.0. The molecule has 0 saturated carbocycles. The van der Waals surface area contributed by atoms with Gasteiger partial charge in [0.1, 0.15) is 0 Å². The Morgan fingerprint density at radius 1 is 1.50 bits per heavy atom. The van der Waals surface area contributed by atoms with Crippen molar-refractivity contribution in [3.8, 4) is 0 Å². The molecule has 0 aromatic carbocycles. The summed E-state index contributed by atoms with van der Waals surface area (Å²) in [5.74, 6) is 1.40. The zero-order valence-electron chi connectivity index (χ0n) is 7.91. The summed E-state index contributed by atoms with van der Waals surface area (Å²) >= 11 is 0. The van der Waals surface area contributed by atoms with Crippen LogP contribution in [-0.4, -0.2) is 35.5 Å². The maximum atomic E-state index is 11.2. The highest BCUT2D eigenvalue weighted by atomic mass is 32.2. The lowest BCUT2D eigenvalue weighted by atomic mass is 10.2. The van der Waals surface area contributed by atoms with Crippen molar-refractivity contribution in [1.82, 2.24) is 0 Å². The van der Waals surface area contributed by atoms with E-state index in [1.54, 1.807) is 7.11 Å². The van der Waals surface area contributed by atoms with Gasteiger partial charge in [-0.2, -0.15) is 0 Å². The molecule has 0 heterocycles. The normalized spacial score (nSPS) is 15.9. The number of methoxy groups -OCH3 is 1. The highest BCUT2D eigenvalue weighted by molar-refractivity contribution is 7.84. The van der Waals surface area contributed by atoms with Crippen LogP contribution in [-0.2, 0) is 15.5 Å². The molecule has 4 heteroatoms. The lowest BCUT2D eigenvalue weighted by Crippen LogP contribution is -2.16. The Morgan fingerprint density at radius 2 is 2.17 bits per heavy atom. The van der Waals surface area contributed by atoms with Crippen LogP contribution in [0.1, 0.15) is 19.8 Å². The van der Waals surface area contributed by atoms with E-state index in [0.29, 0.717) is 12.4 Å². The van der Waals surface area contributed by atoms with Gasteiger partial charge < -0.3 is 10.5 Å². The fraction of sp³-hybridized carbons (Fsp3) is 1.00. The molecule has 0 amide bonds. The van der Waals surface area contributed by atoms with Crippen molar-refractivity contribution >= 4 is 10.8 Å². The van der Waals surface area contributed by atoms with Crippen molar-refractivity contribution in [3.05, 3.63) is 0 Å². The molecular formula is C8H19NO2S. The summed E-state index contributed by atoms with van der Waals surface area (Å²) in [5, 5.41) is 0. The molecule has 0 saturated heterocycles. The van der Waals surface area contributed by atoms with Gasteiger partial charge in [0.2, 0.25) is 0 Å². The number of hydrogen-bond acceptors (Lipinski definition) is 3. The minimum Gasteiger partial charge on any atom is -0.384 e. The van der Waals surface area contributed by atoms with Gasteiger partial charge in [0.05, 0.1) is 6.61 Å². The van der Waals surface area contributed by atoms with Crippen LogP contribution in [0, 0.1) is 0 Å². The summed E-state index contributed by atoms with van der Waals surface area (Å²) in [5.41, 5.74) is 5.56. The topological polar surface area (TPSA) is 52.3 Å². The molecule has 0 aromatic rings. The predicted molar refractivity (Wildman–Crippen MR) is 52.6 cm³/mol. The molecule has 0 aromatic heterocycles. The van der Waals surface area contributed by atoms with Crippen molar-refractivity contribution in [2.75, 3.05) is 25.2 Å². The summed E-state index contributed by atoms with van der Waals surface area (Å²) in [6, 6.07) is 0.226. The third-order valence-electron chi connectivity index (χ3n) is 1.55. The van der Waals surface area contributed by atoms with Crippen LogP contribution in [0.15, 0.2) is 0 Å². The fourth-order valence-corrected chi connectivity index (χ4v) is 1.89. The van der Waals surface area contributed by atoms with E-state index in [0.717, 1.165) is 18.6 Å². The Hall–Kier alpha value is 0.0700. The maximum absolute atomic E-state index is 11.2. The molecule has 0 aliphatic carbocycles. The van der Waals surface area contributed by atoms with Gasteiger partial charge in [-0.3, -0.25) is 4.21 Å². The SMILES string of the molecule is COCCS(=O)CCCC(C)N. The van der Waals surface area contributed by atoms with E-state index < -0.39 is 10.8 Å². The van der Waals surface area contributed by atoms with Crippen LogP contribution in [0.2, 0.25) is 0 Å². The van der Waals surface area contributed by atoms with Crippen molar-refractivity contribution < 1.29 is 8.95 Å². The number of hydrogen-bond donors (Lipinski definition) is 1. The molecule has 0 rings (SSSR count). The molecule has 12 heavy (non-hydrogen) atoms. The summed E-state index contributed by atoms with van der Waals surface area (Å²) in [4.78, 5) is 0. The highest BCUT2D eigenvalue weighted by Crippen LogP contribution is 1.96. The smallest absolute Gasteiger partial charge is 0.0577 e. The Morgan fingerprint density at radius 3 is 2.67 bits per heavy atom. The van der Waals surface area contributed by atoms with Gasteiger partial charge in [-0.05, 0) is 19.8 Å². The van der Waals surface area contributed by atoms with E-state index in [1.165, 1.54) is 0 Å². The molecule has 0 bridgehead atoms. The lowest BCUT2D eigenvalue weighted by Gasteiger charge is -2.04. The Bertz CT molecular complexity index is 128. The maximum Gasteiger partial charge on any atom is 0.0577 e. The van der Waals surface area contributed by atoms with E-state index in [-0.39, 0.29) is 6.04 Å². The number of nitrogens with two attached hydrogens (primary N) is 1. The number of rotatable bonds is 7. The third-order valence-corrected chi connectivity index (χ3v) is 2.91. The largest absolute Gasteiger partial charge is 0.384 e. The quantitative estimate of drug-likeness (QED) is 0.641. The Balaban J connectivity index is 3.20. The average Bonchev–Trinajstić information content (AvgIpc) is 2.00. The van der Waals surface area contributed by atoms with Crippen molar-refractivity contribution in [3.63, 3.8) is 0 Å². The molecule has 74 valence electrons. The first-order valence-corrected chi connectivity index (χ1v) is 5.75. The molecule has 2 unspecified atom stereocenters. The number of ether oxygens (including phenoxy) is 1. The molecule has 0 fully saturated rings. The predicted octanol–water partition coefficient (Wildman–Crippen LogP) is 0.509. The second-order valence-corrected chi connectivity index (χ2v) is 4.66. The summed E-state index contributed by atoms with van der Waals surface area (Å²) in [7, 11) is 0.907. The molecule has 0 spiro atoms. The first kappa shape index (κ1) is 12.1. The third kappa shape index (κ3) is 8.17. The van der Waals surface area contributed by atoms with E-state index in [1.807, 2.05) is 6.92 Å². The van der Waals surface area contributed by atoms with Crippen LogP contribution in [0.5, 0.6) is 0 Å². The lowest BCUT2D eigenvalue weighted by molar-refractivity contribution is 0.218. The zero-order valence-corrected chi connectivity index (χ0v) is 8.73. The Kier molecular flexibility index (Phi) is 7.75.